The minimum absolute atomic E-state index is 0.0443. The summed E-state index contributed by atoms with van der Waals surface area (Å²) in [6.07, 6.45) is 4.80. The number of hydrogen-bond acceptors (Lipinski definition) is 8. The molecule has 0 radical (unpaired) electrons. The molecule has 1 amide bonds. The lowest BCUT2D eigenvalue weighted by Crippen LogP contribution is -2.26. The zero-order valence-electron chi connectivity index (χ0n) is 24.0. The first-order chi connectivity index (χ1) is 20.6. The number of carbonyl (C=O) groups is 1. The molecule has 4 aromatic rings. The predicted octanol–water partition coefficient (Wildman–Crippen LogP) is 4.43. The Kier molecular flexibility index (Phi) is 11.2. The van der Waals surface area contributed by atoms with Crippen LogP contribution in [0.25, 0.3) is 21.9 Å². The maximum atomic E-state index is 11.4. The standard InChI is InChI=1S/C29H37ClN5O7P/c1-2-3-7-25-34-27-28(35(25)18-20-16-21(9-11-24(20)36)42-43(38,39)40)22-10-8-19(15-23(22)33-29(27)31)6-4-13-41-14-5-12-32-26(37)17-30/h8-11,15-16,36H,2-7,12-14,17-18H2,1H3,(H2,31,33)(H,32,37)(H2,38,39,40). The molecule has 0 fully saturated rings. The number of nitrogens with two attached hydrogens (primary N) is 1. The molecule has 2 aromatic carbocycles. The van der Waals surface area contributed by atoms with Gasteiger partial charge in [0.05, 0.1) is 17.6 Å². The zero-order chi connectivity index (χ0) is 31.0. The predicted molar refractivity (Wildman–Crippen MR) is 165 cm³/mol. The van der Waals surface area contributed by atoms with Crippen LogP contribution in [-0.2, 0) is 33.5 Å². The number of imidazole rings is 1. The van der Waals surface area contributed by atoms with Gasteiger partial charge in [-0.2, -0.15) is 0 Å². The van der Waals surface area contributed by atoms with E-state index >= 15 is 0 Å². The number of anilines is 1. The van der Waals surface area contributed by atoms with Crippen molar-refractivity contribution in [2.24, 2.45) is 0 Å². The van der Waals surface area contributed by atoms with E-state index in [1.54, 1.807) is 0 Å². The van der Waals surface area contributed by atoms with Gasteiger partial charge in [0.1, 0.15) is 28.7 Å². The molecule has 0 aliphatic heterocycles. The van der Waals surface area contributed by atoms with Crippen molar-refractivity contribution < 1.29 is 33.5 Å². The van der Waals surface area contributed by atoms with Crippen LogP contribution in [0.15, 0.2) is 36.4 Å². The molecule has 12 nitrogen and oxygen atoms in total. The topological polar surface area (TPSA) is 182 Å². The van der Waals surface area contributed by atoms with Gasteiger partial charge in [-0.25, -0.2) is 14.5 Å². The molecule has 43 heavy (non-hydrogen) atoms. The molecule has 4 rings (SSSR count). The first kappa shape index (κ1) is 32.5. The van der Waals surface area contributed by atoms with Crippen LogP contribution in [0.5, 0.6) is 11.5 Å². The van der Waals surface area contributed by atoms with Gasteiger partial charge in [-0.15, -0.1) is 11.6 Å². The number of nitrogens with zero attached hydrogens (tertiary/aromatic N) is 3. The van der Waals surface area contributed by atoms with Crippen LogP contribution in [0.4, 0.5) is 5.82 Å². The number of nitrogen functional groups attached to an aromatic ring is 1. The fourth-order valence-corrected chi connectivity index (χ4v) is 5.32. The first-order valence-corrected chi connectivity index (χ1v) is 16.2. The van der Waals surface area contributed by atoms with E-state index in [9.17, 15) is 24.3 Å². The Bertz CT molecular complexity index is 1620. The Hall–Kier alpha value is -3.41. The number of halogens is 1. The number of rotatable bonds is 16. The van der Waals surface area contributed by atoms with Crippen LogP contribution >= 0.6 is 19.4 Å². The minimum atomic E-state index is -4.77. The molecule has 0 aliphatic rings. The van der Waals surface area contributed by atoms with Gasteiger partial charge < -0.3 is 30.0 Å². The highest BCUT2D eigenvalue weighted by Crippen LogP contribution is 2.39. The summed E-state index contributed by atoms with van der Waals surface area (Å²) in [5.74, 6) is 0.724. The average molecular weight is 634 g/mol. The lowest BCUT2D eigenvalue weighted by Gasteiger charge is -2.14. The largest absolute Gasteiger partial charge is 0.524 e. The third-order valence-corrected chi connectivity index (χ3v) is 7.56. The monoisotopic (exact) mass is 633 g/mol. The number of aryl methyl sites for hydroxylation is 2. The number of nitrogens with one attached hydrogen (secondary N) is 1. The second kappa shape index (κ2) is 14.9. The number of unbranched alkanes of at least 4 members (excludes halogenated alkanes) is 1. The number of aromatic nitrogens is 3. The van der Waals surface area contributed by atoms with Crippen LogP contribution in [0, 0.1) is 0 Å². The molecule has 0 unspecified atom stereocenters. The summed E-state index contributed by atoms with van der Waals surface area (Å²) >= 11 is 5.46. The normalized spacial score (nSPS) is 11.8. The molecule has 6 N–H and O–H groups in total. The molecule has 232 valence electrons. The van der Waals surface area contributed by atoms with Gasteiger partial charge in [0.25, 0.3) is 0 Å². The Morgan fingerprint density at radius 3 is 2.63 bits per heavy atom. The SMILES string of the molecule is CCCCc1nc2c(N)nc3cc(CCCOCCCNC(=O)CCl)ccc3c2n1Cc1cc(OP(=O)(O)O)ccc1O. The van der Waals surface area contributed by atoms with Gasteiger partial charge >= 0.3 is 7.82 Å². The van der Waals surface area contributed by atoms with Crippen molar-refractivity contribution in [3.63, 3.8) is 0 Å². The van der Waals surface area contributed by atoms with Gasteiger partial charge in [0.15, 0.2) is 5.82 Å². The van der Waals surface area contributed by atoms with E-state index in [2.05, 4.69) is 17.2 Å². The van der Waals surface area contributed by atoms with E-state index in [1.807, 2.05) is 22.8 Å². The van der Waals surface area contributed by atoms with E-state index in [1.165, 1.54) is 18.2 Å². The van der Waals surface area contributed by atoms with Crippen molar-refractivity contribution in [2.75, 3.05) is 31.4 Å². The quantitative estimate of drug-likeness (QED) is 0.0672. The molecule has 0 spiro atoms. The Balaban J connectivity index is 1.57. The summed E-state index contributed by atoms with van der Waals surface area (Å²) in [6.45, 7) is 3.92. The summed E-state index contributed by atoms with van der Waals surface area (Å²) in [5, 5.41) is 14.2. The van der Waals surface area contributed by atoms with Crippen molar-refractivity contribution in [1.82, 2.24) is 19.9 Å². The Labute approximate surface area is 254 Å². The molecule has 0 bridgehead atoms. The zero-order valence-corrected chi connectivity index (χ0v) is 25.6. The molecule has 0 saturated heterocycles. The van der Waals surface area contributed by atoms with Crippen LogP contribution in [0.2, 0.25) is 0 Å². The van der Waals surface area contributed by atoms with Crippen molar-refractivity contribution in [3.8, 4) is 11.5 Å². The Morgan fingerprint density at radius 1 is 1.09 bits per heavy atom. The van der Waals surface area contributed by atoms with Crippen LogP contribution < -0.4 is 15.6 Å². The number of carbonyl (C=O) groups excluding carboxylic acids is 1. The fourth-order valence-electron chi connectivity index (χ4n) is 4.84. The van der Waals surface area contributed by atoms with Gasteiger partial charge in [0, 0.05) is 37.1 Å². The van der Waals surface area contributed by atoms with Gasteiger partial charge in [-0.1, -0.05) is 25.5 Å². The number of pyridine rings is 1. The lowest BCUT2D eigenvalue weighted by molar-refractivity contribution is -0.118. The summed E-state index contributed by atoms with van der Waals surface area (Å²) < 4.78 is 23.8. The molecule has 14 heteroatoms. The number of fused-ring (bicyclic) bond motifs is 3. The van der Waals surface area contributed by atoms with Crippen molar-refractivity contribution >= 4 is 53.1 Å². The highest BCUT2D eigenvalue weighted by molar-refractivity contribution is 7.46. The smallest absolute Gasteiger partial charge is 0.508 e. The number of phenols is 1. The van der Waals surface area contributed by atoms with E-state index in [-0.39, 0.29) is 29.8 Å². The average Bonchev–Trinajstić information content (AvgIpc) is 3.32. The van der Waals surface area contributed by atoms with Crippen LogP contribution in [0.1, 0.15) is 49.6 Å². The van der Waals surface area contributed by atoms with E-state index in [4.69, 9.17) is 31.6 Å². The number of ether oxygens (including phenoxy) is 1. The van der Waals surface area contributed by atoms with Gasteiger partial charge in [0.2, 0.25) is 5.91 Å². The minimum Gasteiger partial charge on any atom is -0.508 e. The second-order valence-electron chi connectivity index (χ2n) is 10.2. The second-order valence-corrected chi connectivity index (χ2v) is 11.6. The van der Waals surface area contributed by atoms with Gasteiger partial charge in [-0.3, -0.25) is 14.6 Å². The van der Waals surface area contributed by atoms with Crippen molar-refractivity contribution in [1.29, 1.82) is 0 Å². The molecular formula is C29H37ClN5O7P. The summed E-state index contributed by atoms with van der Waals surface area (Å²) in [6, 6.07) is 10.1. The van der Waals surface area contributed by atoms with E-state index in [0.717, 1.165) is 48.0 Å². The summed E-state index contributed by atoms with van der Waals surface area (Å²) in [7, 11) is -4.77. The summed E-state index contributed by atoms with van der Waals surface area (Å²) in [4.78, 5) is 39.1. The summed E-state index contributed by atoms with van der Waals surface area (Å²) in [5.41, 5.74) is 9.94. The molecule has 0 atom stereocenters. The highest BCUT2D eigenvalue weighted by Gasteiger charge is 2.21. The molecule has 2 aromatic heterocycles. The number of phenolic OH excluding ortho intramolecular Hbond substituents is 1. The number of aromatic hydroxyl groups is 1. The third kappa shape index (κ3) is 8.81. The number of alkyl halides is 1. The maximum absolute atomic E-state index is 11.4. The molecule has 2 heterocycles. The van der Waals surface area contributed by atoms with E-state index in [0.29, 0.717) is 55.0 Å². The lowest BCUT2D eigenvalue weighted by atomic mass is 10.1. The van der Waals surface area contributed by atoms with E-state index < -0.39 is 7.82 Å². The van der Waals surface area contributed by atoms with Gasteiger partial charge in [-0.05, 0) is 55.5 Å². The first-order valence-electron chi connectivity index (χ1n) is 14.1. The number of hydrogen-bond donors (Lipinski definition) is 5. The fraction of sp³-hybridized carbons (Fsp3) is 0.414. The number of benzene rings is 2. The van der Waals surface area contributed by atoms with Crippen molar-refractivity contribution in [2.45, 2.75) is 52.0 Å². The number of phosphoric acid groups is 1. The molecule has 0 saturated carbocycles. The Morgan fingerprint density at radius 2 is 1.88 bits per heavy atom. The third-order valence-electron chi connectivity index (χ3n) is 6.87. The number of amides is 1. The molecule has 0 aliphatic carbocycles. The van der Waals surface area contributed by atoms with Crippen molar-refractivity contribution in [3.05, 3.63) is 53.3 Å². The number of phosphoric ester groups is 1. The van der Waals surface area contributed by atoms with Crippen LogP contribution in [-0.4, -0.2) is 61.0 Å². The highest BCUT2D eigenvalue weighted by atomic mass is 35.5. The molecular weight excluding hydrogens is 597 g/mol. The maximum Gasteiger partial charge on any atom is 0.524 e. The van der Waals surface area contributed by atoms with Crippen LogP contribution in [0.3, 0.4) is 0 Å².